The highest BCUT2D eigenvalue weighted by atomic mass is 16.5. The Morgan fingerprint density at radius 2 is 1.82 bits per heavy atom. The van der Waals surface area contributed by atoms with Gasteiger partial charge < -0.3 is 21.1 Å². The Labute approximate surface area is 97.4 Å². The van der Waals surface area contributed by atoms with Crippen LogP contribution >= 0.6 is 0 Å². The number of para-hydroxylation sites is 2. The summed E-state index contributed by atoms with van der Waals surface area (Å²) in [5.41, 5.74) is 6.59. The number of esters is 1. The highest BCUT2D eigenvalue weighted by molar-refractivity contribution is 6.14. The van der Waals surface area contributed by atoms with Crippen LogP contribution in [0.5, 0.6) is 0 Å². The van der Waals surface area contributed by atoms with E-state index in [1.165, 1.54) is 7.11 Å². The van der Waals surface area contributed by atoms with Gasteiger partial charge in [-0.25, -0.2) is 4.79 Å². The molecule has 1 aliphatic heterocycles. The minimum Gasteiger partial charge on any atom is -0.464 e. The van der Waals surface area contributed by atoms with Crippen LogP contribution < -0.4 is 16.4 Å². The maximum atomic E-state index is 11.7. The number of amides is 1. The van der Waals surface area contributed by atoms with Gasteiger partial charge in [-0.15, -0.1) is 0 Å². The lowest BCUT2D eigenvalue weighted by atomic mass is 10.2. The van der Waals surface area contributed by atoms with Gasteiger partial charge in [0.2, 0.25) is 0 Å². The number of nitrogens with one attached hydrogen (secondary N) is 2. The van der Waals surface area contributed by atoms with Gasteiger partial charge in [0.1, 0.15) is 11.4 Å². The van der Waals surface area contributed by atoms with Crippen molar-refractivity contribution < 1.29 is 14.3 Å². The number of hydrogen-bond donors (Lipinski definition) is 3. The maximum absolute atomic E-state index is 11.7. The van der Waals surface area contributed by atoms with E-state index in [1.54, 1.807) is 24.3 Å². The summed E-state index contributed by atoms with van der Waals surface area (Å²) in [4.78, 5) is 22.9. The first-order valence-electron chi connectivity index (χ1n) is 4.89. The number of anilines is 2. The lowest BCUT2D eigenvalue weighted by molar-refractivity contribution is -0.136. The number of rotatable bonds is 1. The van der Waals surface area contributed by atoms with Gasteiger partial charge in [0.05, 0.1) is 18.5 Å². The van der Waals surface area contributed by atoms with Crippen LogP contribution in [0.1, 0.15) is 0 Å². The number of carbonyl (C=O) groups is 2. The standard InChI is InChI=1S/C11H11N3O3/c1-17-11(16)8(12)9-10(15)14-7-5-3-2-4-6(7)13-9/h2-5,13H,12H2,1H3,(H,14,15). The summed E-state index contributed by atoms with van der Waals surface area (Å²) in [7, 11) is 1.20. The summed E-state index contributed by atoms with van der Waals surface area (Å²) in [6.45, 7) is 0. The first-order chi connectivity index (χ1) is 8.13. The van der Waals surface area contributed by atoms with Gasteiger partial charge in [-0.1, -0.05) is 12.1 Å². The molecule has 1 aromatic rings. The molecule has 0 aromatic heterocycles. The molecule has 2 rings (SSSR count). The van der Waals surface area contributed by atoms with Crippen molar-refractivity contribution in [1.82, 2.24) is 0 Å². The molecular weight excluding hydrogens is 222 g/mol. The number of hydrogen-bond acceptors (Lipinski definition) is 5. The van der Waals surface area contributed by atoms with Crippen LogP contribution in [0.15, 0.2) is 35.7 Å². The van der Waals surface area contributed by atoms with E-state index in [-0.39, 0.29) is 11.4 Å². The summed E-state index contributed by atoms with van der Waals surface area (Å²) in [6, 6.07) is 7.10. The summed E-state index contributed by atoms with van der Waals surface area (Å²) >= 11 is 0. The fraction of sp³-hybridized carbons (Fsp3) is 0.0909. The quantitative estimate of drug-likeness (QED) is 0.482. The van der Waals surface area contributed by atoms with Crippen molar-refractivity contribution in [2.45, 2.75) is 0 Å². The molecule has 1 aliphatic rings. The third kappa shape index (κ3) is 1.92. The van der Waals surface area contributed by atoms with E-state index >= 15 is 0 Å². The molecule has 0 saturated heterocycles. The smallest absolute Gasteiger partial charge is 0.356 e. The molecule has 0 bridgehead atoms. The van der Waals surface area contributed by atoms with E-state index in [2.05, 4.69) is 15.4 Å². The van der Waals surface area contributed by atoms with Crippen molar-refractivity contribution in [2.75, 3.05) is 17.7 Å². The van der Waals surface area contributed by atoms with Crippen molar-refractivity contribution in [3.05, 3.63) is 35.7 Å². The van der Waals surface area contributed by atoms with Gasteiger partial charge in [0, 0.05) is 0 Å². The van der Waals surface area contributed by atoms with Crippen molar-refractivity contribution in [3.63, 3.8) is 0 Å². The molecule has 0 aliphatic carbocycles. The zero-order valence-electron chi connectivity index (χ0n) is 9.11. The molecule has 0 fully saturated rings. The van der Waals surface area contributed by atoms with Crippen LogP contribution in [0.4, 0.5) is 11.4 Å². The van der Waals surface area contributed by atoms with Crippen molar-refractivity contribution in [1.29, 1.82) is 0 Å². The third-order valence-electron chi connectivity index (χ3n) is 2.34. The fourth-order valence-electron chi connectivity index (χ4n) is 1.48. The molecule has 1 heterocycles. The molecule has 17 heavy (non-hydrogen) atoms. The third-order valence-corrected chi connectivity index (χ3v) is 2.34. The van der Waals surface area contributed by atoms with Crippen molar-refractivity contribution >= 4 is 23.3 Å². The predicted octanol–water partition coefficient (Wildman–Crippen LogP) is 0.394. The minimum atomic E-state index is -0.748. The molecule has 1 aromatic carbocycles. The van der Waals surface area contributed by atoms with Gasteiger partial charge in [-0.05, 0) is 12.1 Å². The lowest BCUT2D eigenvalue weighted by Gasteiger charge is -2.21. The largest absolute Gasteiger partial charge is 0.464 e. The van der Waals surface area contributed by atoms with Crippen molar-refractivity contribution in [3.8, 4) is 0 Å². The fourth-order valence-corrected chi connectivity index (χ4v) is 1.48. The Hall–Kier alpha value is -2.50. The second kappa shape index (κ2) is 4.17. The molecule has 1 amide bonds. The van der Waals surface area contributed by atoms with Gasteiger partial charge in [0.15, 0.2) is 0 Å². The van der Waals surface area contributed by atoms with Crippen LogP contribution in [-0.2, 0) is 14.3 Å². The first-order valence-corrected chi connectivity index (χ1v) is 4.89. The Balaban J connectivity index is 2.42. The normalized spacial score (nSPS) is 16.4. The average molecular weight is 233 g/mol. The monoisotopic (exact) mass is 233 g/mol. The molecule has 0 spiro atoms. The summed E-state index contributed by atoms with van der Waals surface area (Å²) in [5.74, 6) is -1.21. The summed E-state index contributed by atoms with van der Waals surface area (Å²) < 4.78 is 4.46. The van der Waals surface area contributed by atoms with Crippen molar-refractivity contribution in [2.24, 2.45) is 5.73 Å². The predicted molar refractivity (Wildman–Crippen MR) is 61.9 cm³/mol. The van der Waals surface area contributed by atoms with Gasteiger partial charge in [0.25, 0.3) is 5.91 Å². The van der Waals surface area contributed by atoms with Crippen LogP contribution in [0, 0.1) is 0 Å². The zero-order valence-corrected chi connectivity index (χ0v) is 9.11. The molecular formula is C11H11N3O3. The van der Waals surface area contributed by atoms with E-state index in [9.17, 15) is 9.59 Å². The first kappa shape index (κ1) is 11.0. The van der Waals surface area contributed by atoms with E-state index in [4.69, 9.17) is 5.73 Å². The SMILES string of the molecule is COC(=O)C(N)=C1Nc2ccccc2NC1=O. The van der Waals surface area contributed by atoms with E-state index in [0.717, 1.165) is 0 Å². The van der Waals surface area contributed by atoms with Crippen LogP contribution in [0.2, 0.25) is 0 Å². The van der Waals surface area contributed by atoms with Crippen LogP contribution in [0.25, 0.3) is 0 Å². The lowest BCUT2D eigenvalue weighted by Crippen LogP contribution is -2.31. The summed E-state index contributed by atoms with van der Waals surface area (Å²) in [6.07, 6.45) is 0. The number of carbonyl (C=O) groups excluding carboxylic acids is 2. The van der Waals surface area contributed by atoms with Gasteiger partial charge >= 0.3 is 5.97 Å². The number of ether oxygens (including phenoxy) is 1. The minimum absolute atomic E-state index is 0.00412. The highest BCUT2D eigenvalue weighted by Crippen LogP contribution is 2.27. The van der Waals surface area contributed by atoms with Crippen LogP contribution in [-0.4, -0.2) is 19.0 Å². The molecule has 0 radical (unpaired) electrons. The molecule has 0 saturated carbocycles. The molecule has 4 N–H and O–H groups in total. The Morgan fingerprint density at radius 3 is 2.41 bits per heavy atom. The number of nitrogens with two attached hydrogens (primary N) is 1. The summed E-state index contributed by atoms with van der Waals surface area (Å²) in [5, 5.41) is 5.43. The molecule has 88 valence electrons. The maximum Gasteiger partial charge on any atom is 0.356 e. The van der Waals surface area contributed by atoms with Crippen LogP contribution in [0.3, 0.4) is 0 Å². The number of fused-ring (bicyclic) bond motifs is 1. The number of methoxy groups -OCH3 is 1. The average Bonchev–Trinajstić information content (AvgIpc) is 2.36. The second-order valence-electron chi connectivity index (χ2n) is 3.40. The van der Waals surface area contributed by atoms with Gasteiger partial charge in [-0.3, -0.25) is 4.79 Å². The molecule has 6 nitrogen and oxygen atoms in total. The Morgan fingerprint density at radius 1 is 1.24 bits per heavy atom. The molecule has 0 unspecified atom stereocenters. The van der Waals surface area contributed by atoms with E-state index in [1.807, 2.05) is 0 Å². The van der Waals surface area contributed by atoms with E-state index < -0.39 is 11.9 Å². The Kier molecular flexibility index (Phi) is 2.70. The second-order valence-corrected chi connectivity index (χ2v) is 3.40. The topological polar surface area (TPSA) is 93.4 Å². The van der Waals surface area contributed by atoms with Gasteiger partial charge in [-0.2, -0.15) is 0 Å². The highest BCUT2D eigenvalue weighted by Gasteiger charge is 2.24. The Bertz CT molecular complexity index is 522. The van der Waals surface area contributed by atoms with E-state index in [0.29, 0.717) is 11.4 Å². The molecule has 6 heteroatoms. The molecule has 0 atom stereocenters. The number of benzene rings is 1. The zero-order chi connectivity index (χ0) is 12.4.